The molecule has 1 aliphatic heterocycles. The quantitative estimate of drug-likeness (QED) is 0.765. The highest BCUT2D eigenvalue weighted by atomic mass is 16.5. The third kappa shape index (κ3) is 2.40. The van der Waals surface area contributed by atoms with Crippen molar-refractivity contribution in [1.29, 1.82) is 0 Å². The van der Waals surface area contributed by atoms with Gasteiger partial charge < -0.3 is 20.1 Å². The summed E-state index contributed by atoms with van der Waals surface area (Å²) >= 11 is 0. The van der Waals surface area contributed by atoms with E-state index in [-0.39, 0.29) is 0 Å². The van der Waals surface area contributed by atoms with Crippen LogP contribution < -0.4 is 15.4 Å². The Hall–Kier alpha value is -1.40. The van der Waals surface area contributed by atoms with E-state index >= 15 is 0 Å². The van der Waals surface area contributed by atoms with Gasteiger partial charge in [-0.1, -0.05) is 0 Å². The molecule has 0 atom stereocenters. The fraction of sp³-hybridized carbons (Fsp3) is 0.600. The van der Waals surface area contributed by atoms with Crippen LogP contribution >= 0.6 is 0 Å². The zero-order valence-electron chi connectivity index (χ0n) is 9.35. The molecular formula is C10H16N4O2. The summed E-state index contributed by atoms with van der Waals surface area (Å²) in [6.07, 6.45) is 0. The van der Waals surface area contributed by atoms with Gasteiger partial charge in [-0.3, -0.25) is 0 Å². The lowest BCUT2D eigenvalue weighted by molar-refractivity contribution is 0.122. The van der Waals surface area contributed by atoms with Gasteiger partial charge in [0.05, 0.1) is 26.0 Å². The summed E-state index contributed by atoms with van der Waals surface area (Å²) in [6, 6.07) is 1.75. The van der Waals surface area contributed by atoms with Crippen LogP contribution in [-0.4, -0.2) is 43.4 Å². The average Bonchev–Trinajstić information content (AvgIpc) is 2.39. The van der Waals surface area contributed by atoms with Crippen molar-refractivity contribution in [1.82, 2.24) is 9.97 Å². The molecule has 0 bridgehead atoms. The molecule has 1 saturated heterocycles. The first-order chi connectivity index (χ1) is 7.83. The number of morpholine rings is 1. The molecule has 88 valence electrons. The summed E-state index contributed by atoms with van der Waals surface area (Å²) < 4.78 is 10.4. The van der Waals surface area contributed by atoms with Gasteiger partial charge in [0, 0.05) is 25.7 Å². The van der Waals surface area contributed by atoms with E-state index in [9.17, 15) is 0 Å². The highest BCUT2D eigenvalue weighted by Gasteiger charge is 2.15. The maximum Gasteiger partial charge on any atom is 0.229 e. The summed E-state index contributed by atoms with van der Waals surface area (Å²) in [5.74, 6) is 1.22. The Kier molecular flexibility index (Phi) is 3.53. The van der Waals surface area contributed by atoms with Crippen LogP contribution in [0.1, 0.15) is 5.69 Å². The van der Waals surface area contributed by atoms with Crippen molar-refractivity contribution in [2.45, 2.75) is 6.54 Å². The Bertz CT molecular complexity index is 330. The average molecular weight is 224 g/mol. The standard InChI is InChI=1S/C10H16N4O2/c1-15-9-6-8(7-11)12-10(13-9)14-2-4-16-5-3-14/h6H,2-5,7,11H2,1H3. The lowest BCUT2D eigenvalue weighted by Gasteiger charge is -2.27. The number of methoxy groups -OCH3 is 1. The van der Waals surface area contributed by atoms with Crippen molar-refractivity contribution in [3.05, 3.63) is 11.8 Å². The summed E-state index contributed by atoms with van der Waals surface area (Å²) in [4.78, 5) is 10.8. The third-order valence-electron chi connectivity index (χ3n) is 2.46. The Morgan fingerprint density at radius 1 is 1.44 bits per heavy atom. The molecule has 16 heavy (non-hydrogen) atoms. The minimum absolute atomic E-state index is 0.385. The molecule has 6 nitrogen and oxygen atoms in total. The molecule has 0 saturated carbocycles. The zero-order chi connectivity index (χ0) is 11.4. The van der Waals surface area contributed by atoms with E-state index < -0.39 is 0 Å². The molecule has 2 heterocycles. The number of nitrogens with two attached hydrogens (primary N) is 1. The van der Waals surface area contributed by atoms with Crippen LogP contribution in [0.4, 0.5) is 5.95 Å². The van der Waals surface area contributed by atoms with Crippen LogP contribution in [0.2, 0.25) is 0 Å². The third-order valence-corrected chi connectivity index (χ3v) is 2.46. The number of hydrogen-bond acceptors (Lipinski definition) is 6. The lowest BCUT2D eigenvalue weighted by Crippen LogP contribution is -2.37. The van der Waals surface area contributed by atoms with Gasteiger partial charge in [-0.25, -0.2) is 4.98 Å². The molecule has 0 radical (unpaired) electrons. The molecule has 2 N–H and O–H groups in total. The summed E-state index contributed by atoms with van der Waals surface area (Å²) in [5, 5.41) is 0. The maximum absolute atomic E-state index is 5.58. The van der Waals surface area contributed by atoms with Crippen molar-refractivity contribution in [3.63, 3.8) is 0 Å². The zero-order valence-corrected chi connectivity index (χ0v) is 9.35. The Morgan fingerprint density at radius 2 is 2.19 bits per heavy atom. The molecule has 0 aliphatic carbocycles. The van der Waals surface area contributed by atoms with Crippen molar-refractivity contribution >= 4 is 5.95 Å². The summed E-state index contributed by atoms with van der Waals surface area (Å²) in [6.45, 7) is 3.40. The van der Waals surface area contributed by atoms with Crippen LogP contribution in [0.5, 0.6) is 5.88 Å². The van der Waals surface area contributed by atoms with Gasteiger partial charge in [-0.15, -0.1) is 0 Å². The van der Waals surface area contributed by atoms with E-state index in [1.54, 1.807) is 13.2 Å². The normalized spacial score (nSPS) is 16.2. The molecule has 1 aromatic rings. The van der Waals surface area contributed by atoms with Crippen molar-refractivity contribution in [2.75, 3.05) is 38.3 Å². The Balaban J connectivity index is 2.24. The minimum atomic E-state index is 0.385. The Morgan fingerprint density at radius 3 is 2.81 bits per heavy atom. The van der Waals surface area contributed by atoms with Gasteiger partial charge in [-0.2, -0.15) is 4.98 Å². The molecule has 0 amide bonds. The van der Waals surface area contributed by atoms with Gasteiger partial charge in [0.1, 0.15) is 0 Å². The van der Waals surface area contributed by atoms with Gasteiger partial charge in [0.2, 0.25) is 11.8 Å². The SMILES string of the molecule is COc1cc(CN)nc(N2CCOCC2)n1. The number of nitrogens with zero attached hydrogens (tertiary/aromatic N) is 3. The fourth-order valence-corrected chi connectivity index (χ4v) is 1.57. The van der Waals surface area contributed by atoms with Gasteiger partial charge in [0.25, 0.3) is 0 Å². The maximum atomic E-state index is 5.58. The van der Waals surface area contributed by atoms with E-state index in [1.807, 2.05) is 0 Å². The molecule has 2 rings (SSSR count). The number of anilines is 1. The second kappa shape index (κ2) is 5.09. The van der Waals surface area contributed by atoms with Crippen LogP contribution in [0.3, 0.4) is 0 Å². The smallest absolute Gasteiger partial charge is 0.229 e. The highest BCUT2D eigenvalue weighted by Crippen LogP contribution is 2.16. The minimum Gasteiger partial charge on any atom is -0.481 e. The second-order valence-corrected chi connectivity index (χ2v) is 3.51. The molecular weight excluding hydrogens is 208 g/mol. The van der Waals surface area contributed by atoms with Gasteiger partial charge in [-0.05, 0) is 0 Å². The van der Waals surface area contributed by atoms with E-state index in [2.05, 4.69) is 14.9 Å². The number of rotatable bonds is 3. The molecule has 1 fully saturated rings. The molecule has 6 heteroatoms. The van der Waals surface area contributed by atoms with Crippen LogP contribution in [0, 0.1) is 0 Å². The van der Waals surface area contributed by atoms with Crippen molar-refractivity contribution in [2.24, 2.45) is 5.73 Å². The first-order valence-corrected chi connectivity index (χ1v) is 5.28. The van der Waals surface area contributed by atoms with E-state index in [0.717, 1.165) is 18.8 Å². The van der Waals surface area contributed by atoms with Crippen LogP contribution in [0.15, 0.2) is 6.07 Å². The number of ether oxygens (including phenoxy) is 2. The van der Waals surface area contributed by atoms with Gasteiger partial charge in [0.15, 0.2) is 0 Å². The first kappa shape index (κ1) is 11.1. The van der Waals surface area contributed by atoms with Crippen molar-refractivity contribution in [3.8, 4) is 5.88 Å². The molecule has 1 aromatic heterocycles. The van der Waals surface area contributed by atoms with E-state index in [1.165, 1.54) is 0 Å². The highest BCUT2D eigenvalue weighted by molar-refractivity contribution is 5.34. The summed E-state index contributed by atoms with van der Waals surface area (Å²) in [5.41, 5.74) is 6.37. The topological polar surface area (TPSA) is 73.5 Å². The first-order valence-electron chi connectivity index (χ1n) is 5.28. The molecule has 0 unspecified atom stereocenters. The lowest BCUT2D eigenvalue weighted by atomic mass is 10.4. The number of hydrogen-bond donors (Lipinski definition) is 1. The fourth-order valence-electron chi connectivity index (χ4n) is 1.57. The van der Waals surface area contributed by atoms with Gasteiger partial charge >= 0.3 is 0 Å². The molecule has 0 spiro atoms. The second-order valence-electron chi connectivity index (χ2n) is 3.51. The largest absolute Gasteiger partial charge is 0.481 e. The van der Waals surface area contributed by atoms with Crippen LogP contribution in [-0.2, 0) is 11.3 Å². The van der Waals surface area contributed by atoms with Crippen molar-refractivity contribution < 1.29 is 9.47 Å². The summed E-state index contributed by atoms with van der Waals surface area (Å²) in [7, 11) is 1.59. The number of aromatic nitrogens is 2. The monoisotopic (exact) mass is 224 g/mol. The van der Waals surface area contributed by atoms with E-state index in [4.69, 9.17) is 15.2 Å². The predicted molar refractivity (Wildman–Crippen MR) is 59.5 cm³/mol. The molecule has 1 aliphatic rings. The van der Waals surface area contributed by atoms with E-state index in [0.29, 0.717) is 31.6 Å². The van der Waals surface area contributed by atoms with Crippen LogP contribution in [0.25, 0.3) is 0 Å². The molecule has 0 aromatic carbocycles. The Labute approximate surface area is 94.4 Å². The predicted octanol–water partition coefficient (Wildman–Crippen LogP) is -0.219.